The highest BCUT2D eigenvalue weighted by Gasteiger charge is 2.21. The largest absolute Gasteiger partial charge is 0.456 e. The lowest BCUT2D eigenvalue weighted by Crippen LogP contribution is -1.99. The topological polar surface area (TPSA) is 51.8 Å². The van der Waals surface area contributed by atoms with E-state index in [1.807, 2.05) is 60.7 Å². The molecule has 7 aromatic carbocycles. The Labute approximate surface area is 297 Å². The molecule has 10 aromatic rings. The molecule has 4 nitrogen and oxygen atoms in total. The summed E-state index contributed by atoms with van der Waals surface area (Å²) in [7, 11) is 0. The summed E-state index contributed by atoms with van der Waals surface area (Å²) in [5.74, 6) is 0. The Morgan fingerprint density at radius 3 is 1.75 bits per heavy atom. The van der Waals surface area contributed by atoms with E-state index in [0.29, 0.717) is 0 Å². The summed E-state index contributed by atoms with van der Waals surface area (Å²) in [6, 6.07) is 51.8. The zero-order valence-corrected chi connectivity index (χ0v) is 27.8. The van der Waals surface area contributed by atoms with Crippen LogP contribution in [0.15, 0.2) is 188 Å². The van der Waals surface area contributed by atoms with Gasteiger partial charge in [-0.15, -0.1) is 0 Å². The fourth-order valence-electron chi connectivity index (χ4n) is 7.78. The predicted molar refractivity (Wildman–Crippen MR) is 213 cm³/mol. The summed E-state index contributed by atoms with van der Waals surface area (Å²) in [4.78, 5) is 5.24. The van der Waals surface area contributed by atoms with Gasteiger partial charge in [-0.25, -0.2) is 4.99 Å². The van der Waals surface area contributed by atoms with Crippen molar-refractivity contribution in [3.8, 4) is 11.1 Å². The highest BCUT2D eigenvalue weighted by molar-refractivity contribution is 6.23. The fraction of sp³-hybridized carbons (Fsp3) is 0. The number of rotatable bonds is 4. The lowest BCUT2D eigenvalue weighted by atomic mass is 9.92. The molecule has 242 valence electrons. The minimum absolute atomic E-state index is 0.759. The van der Waals surface area contributed by atoms with Crippen LogP contribution in [0.3, 0.4) is 0 Å². The van der Waals surface area contributed by atoms with Gasteiger partial charge in [-0.3, -0.25) is 0 Å². The highest BCUT2D eigenvalue weighted by Crippen LogP contribution is 2.44. The van der Waals surface area contributed by atoms with E-state index in [2.05, 4.69) is 109 Å². The molecule has 0 aliphatic carbocycles. The minimum Gasteiger partial charge on any atom is -0.456 e. The van der Waals surface area contributed by atoms with Crippen LogP contribution in [0.5, 0.6) is 0 Å². The number of benzene rings is 7. The van der Waals surface area contributed by atoms with E-state index in [1.165, 1.54) is 0 Å². The van der Waals surface area contributed by atoms with Crippen molar-refractivity contribution in [3.63, 3.8) is 0 Å². The molecule has 4 heteroatoms. The number of aliphatic imine (C=N–C) groups is 1. The number of nitrogens with zero attached hydrogens (tertiary/aromatic N) is 1. The molecule has 0 saturated carbocycles. The molecule has 0 fully saturated rings. The SMILES string of the molecule is C1=CC(c2cccc3oc4cccc(-c5cccc6oc7ccccc7c56)c4c23)=CC(c2ccc3c(c2)oc2ccccc23)=NC=1c1ccccc1. The molecular formula is C48H27NO3. The van der Waals surface area contributed by atoms with Crippen molar-refractivity contribution in [2.24, 2.45) is 4.99 Å². The summed E-state index contributed by atoms with van der Waals surface area (Å²) < 4.78 is 19.2. The second kappa shape index (κ2) is 11.2. The summed E-state index contributed by atoms with van der Waals surface area (Å²) in [5.41, 5.74) is 16.4. The van der Waals surface area contributed by atoms with Crippen LogP contribution in [0.4, 0.5) is 0 Å². The van der Waals surface area contributed by atoms with E-state index in [4.69, 9.17) is 18.2 Å². The molecule has 0 amide bonds. The fourth-order valence-corrected chi connectivity index (χ4v) is 7.78. The zero-order valence-electron chi connectivity index (χ0n) is 27.8. The Kier molecular flexibility index (Phi) is 6.17. The van der Waals surface area contributed by atoms with Gasteiger partial charge in [0, 0.05) is 43.4 Å². The maximum absolute atomic E-state index is 6.60. The molecule has 11 rings (SSSR count). The molecule has 1 aliphatic rings. The van der Waals surface area contributed by atoms with E-state index in [-0.39, 0.29) is 0 Å². The normalized spacial score (nSPS) is 13.3. The van der Waals surface area contributed by atoms with E-state index >= 15 is 0 Å². The highest BCUT2D eigenvalue weighted by atomic mass is 16.3. The van der Waals surface area contributed by atoms with Crippen molar-refractivity contribution in [2.45, 2.75) is 0 Å². The number of furan rings is 3. The molecular weight excluding hydrogens is 639 g/mol. The van der Waals surface area contributed by atoms with Gasteiger partial charge in [0.1, 0.15) is 39.2 Å². The molecule has 0 unspecified atom stereocenters. The van der Waals surface area contributed by atoms with Crippen molar-refractivity contribution in [2.75, 3.05) is 0 Å². The number of hydrogen-bond donors (Lipinski definition) is 0. The van der Waals surface area contributed by atoms with Crippen LogP contribution in [0.2, 0.25) is 0 Å². The van der Waals surface area contributed by atoms with Gasteiger partial charge in [0.05, 0.1) is 5.71 Å². The molecule has 4 heterocycles. The molecule has 52 heavy (non-hydrogen) atoms. The number of fused-ring (bicyclic) bond motifs is 9. The third-order valence-electron chi connectivity index (χ3n) is 10.1. The quantitative estimate of drug-likeness (QED) is 0.176. The third kappa shape index (κ3) is 4.39. The van der Waals surface area contributed by atoms with Crippen molar-refractivity contribution < 1.29 is 13.3 Å². The summed E-state index contributed by atoms with van der Waals surface area (Å²) in [6.45, 7) is 0. The monoisotopic (exact) mass is 665 g/mol. The van der Waals surface area contributed by atoms with Gasteiger partial charge in [0.2, 0.25) is 0 Å². The Balaban J connectivity index is 1.16. The second-order valence-corrected chi connectivity index (χ2v) is 13.1. The van der Waals surface area contributed by atoms with Crippen molar-refractivity contribution in [1.29, 1.82) is 0 Å². The zero-order chi connectivity index (χ0) is 34.2. The molecule has 0 N–H and O–H groups in total. The summed E-state index contributed by atoms with van der Waals surface area (Å²) in [6.07, 6.45) is 4.21. The van der Waals surface area contributed by atoms with Crippen molar-refractivity contribution in [1.82, 2.24) is 0 Å². The summed E-state index contributed by atoms with van der Waals surface area (Å²) in [5, 5.41) is 6.46. The second-order valence-electron chi connectivity index (χ2n) is 13.1. The molecule has 0 radical (unpaired) electrons. The van der Waals surface area contributed by atoms with E-state index in [9.17, 15) is 0 Å². The lowest BCUT2D eigenvalue weighted by Gasteiger charge is -2.09. The van der Waals surface area contributed by atoms with Crippen molar-refractivity contribution >= 4 is 82.8 Å². The Morgan fingerprint density at radius 1 is 0.404 bits per heavy atom. The van der Waals surface area contributed by atoms with Crippen LogP contribution in [0.25, 0.3) is 88.2 Å². The van der Waals surface area contributed by atoms with E-state index in [0.717, 1.165) is 111 Å². The maximum atomic E-state index is 6.60. The number of para-hydroxylation sites is 2. The molecule has 1 aliphatic heterocycles. The first-order valence-corrected chi connectivity index (χ1v) is 17.4. The maximum Gasteiger partial charge on any atom is 0.136 e. The first-order chi connectivity index (χ1) is 25.8. The lowest BCUT2D eigenvalue weighted by molar-refractivity contribution is 0.668. The van der Waals surface area contributed by atoms with E-state index in [1.54, 1.807) is 0 Å². The van der Waals surface area contributed by atoms with Gasteiger partial charge in [-0.1, -0.05) is 115 Å². The smallest absolute Gasteiger partial charge is 0.136 e. The van der Waals surface area contributed by atoms with E-state index < -0.39 is 0 Å². The minimum atomic E-state index is 0.759. The van der Waals surface area contributed by atoms with Crippen LogP contribution in [0.1, 0.15) is 16.7 Å². The van der Waals surface area contributed by atoms with Gasteiger partial charge < -0.3 is 13.3 Å². The Bertz CT molecular complexity index is 3210. The predicted octanol–water partition coefficient (Wildman–Crippen LogP) is 13.1. The third-order valence-corrected chi connectivity index (χ3v) is 10.1. The van der Waals surface area contributed by atoms with Gasteiger partial charge in [-0.05, 0) is 76.9 Å². The summed E-state index contributed by atoms with van der Waals surface area (Å²) >= 11 is 0. The van der Waals surface area contributed by atoms with Crippen LogP contribution < -0.4 is 0 Å². The average molecular weight is 666 g/mol. The van der Waals surface area contributed by atoms with Gasteiger partial charge in [0.15, 0.2) is 0 Å². The molecule has 0 spiro atoms. The van der Waals surface area contributed by atoms with Crippen LogP contribution in [-0.2, 0) is 0 Å². The van der Waals surface area contributed by atoms with Gasteiger partial charge in [-0.2, -0.15) is 0 Å². The molecule has 0 bridgehead atoms. The number of allylic oxidation sites excluding steroid dienone is 3. The van der Waals surface area contributed by atoms with Gasteiger partial charge >= 0.3 is 0 Å². The standard InChI is InChI=1S/C48H27NO3/c1-2-11-29(12-3-1)38-26-24-30(27-39(49-38)31-23-25-34-33-13-4-6-18-40(33)51-45(34)28-31)32-15-8-21-43-47(32)48-36(17-10-22-44(48)52-43)35-16-9-20-42-46(35)37-14-5-7-19-41(37)50-42/h1-25,27-28H. The molecule has 0 atom stereocenters. The Hall–Kier alpha value is -7.13. The molecule has 0 saturated heterocycles. The first kappa shape index (κ1) is 28.7. The van der Waals surface area contributed by atoms with Crippen molar-refractivity contribution in [3.05, 3.63) is 186 Å². The van der Waals surface area contributed by atoms with Crippen LogP contribution in [0, 0.1) is 0 Å². The average Bonchev–Trinajstić information content (AvgIpc) is 3.84. The molecule has 3 aromatic heterocycles. The van der Waals surface area contributed by atoms with Crippen LogP contribution in [-0.4, -0.2) is 5.71 Å². The van der Waals surface area contributed by atoms with Crippen LogP contribution >= 0.6 is 0 Å². The number of hydrogen-bond acceptors (Lipinski definition) is 4. The Morgan fingerprint density at radius 2 is 0.962 bits per heavy atom. The first-order valence-electron chi connectivity index (χ1n) is 17.4. The van der Waals surface area contributed by atoms with Gasteiger partial charge in [0.25, 0.3) is 0 Å².